The zero-order chi connectivity index (χ0) is 10.8. The van der Waals surface area contributed by atoms with Gasteiger partial charge < -0.3 is 10.6 Å². The third-order valence-electron chi connectivity index (χ3n) is 3.64. The summed E-state index contributed by atoms with van der Waals surface area (Å²) >= 11 is 0. The number of rotatable bonds is 3. The predicted molar refractivity (Wildman–Crippen MR) is 63.8 cm³/mol. The summed E-state index contributed by atoms with van der Waals surface area (Å²) in [6.45, 7) is 6.49. The fraction of sp³-hybridized carbons (Fsp3) is 0.917. The van der Waals surface area contributed by atoms with Crippen LogP contribution in [0.3, 0.4) is 0 Å². The maximum atomic E-state index is 5.96. The SMILES string of the molecule is CC(C)CN1C(N)=NCC1C1CCCC1. The maximum Gasteiger partial charge on any atom is 0.191 e. The van der Waals surface area contributed by atoms with Crippen molar-refractivity contribution >= 4 is 5.96 Å². The summed E-state index contributed by atoms with van der Waals surface area (Å²) in [5.41, 5.74) is 5.96. The van der Waals surface area contributed by atoms with E-state index in [1.807, 2.05) is 0 Å². The Morgan fingerprint density at radius 3 is 2.67 bits per heavy atom. The van der Waals surface area contributed by atoms with Crippen molar-refractivity contribution in [2.45, 2.75) is 45.6 Å². The van der Waals surface area contributed by atoms with Crippen molar-refractivity contribution in [2.24, 2.45) is 22.6 Å². The average Bonchev–Trinajstić information content (AvgIpc) is 2.76. The smallest absolute Gasteiger partial charge is 0.191 e. The molecule has 3 heteroatoms. The van der Waals surface area contributed by atoms with Crippen LogP contribution in [-0.2, 0) is 0 Å². The quantitative estimate of drug-likeness (QED) is 0.770. The second-order valence-electron chi connectivity index (χ2n) is 5.36. The standard InChI is InChI=1S/C12H23N3/c1-9(2)8-15-11(7-14-12(15)13)10-5-3-4-6-10/h9-11H,3-8H2,1-2H3,(H2,13,14). The van der Waals surface area contributed by atoms with E-state index in [2.05, 4.69) is 23.7 Å². The second kappa shape index (κ2) is 4.42. The topological polar surface area (TPSA) is 41.6 Å². The third kappa shape index (κ3) is 2.27. The summed E-state index contributed by atoms with van der Waals surface area (Å²) in [6.07, 6.45) is 5.55. The second-order valence-corrected chi connectivity index (χ2v) is 5.36. The Bertz CT molecular complexity index is 241. The fourth-order valence-corrected chi connectivity index (χ4v) is 2.91. The first-order valence-electron chi connectivity index (χ1n) is 6.25. The normalized spacial score (nSPS) is 27.8. The monoisotopic (exact) mass is 209 g/mol. The van der Waals surface area contributed by atoms with Crippen LogP contribution in [0.4, 0.5) is 0 Å². The van der Waals surface area contributed by atoms with Crippen molar-refractivity contribution in [3.63, 3.8) is 0 Å². The lowest BCUT2D eigenvalue weighted by Crippen LogP contribution is -2.45. The van der Waals surface area contributed by atoms with E-state index in [0.717, 1.165) is 25.0 Å². The zero-order valence-corrected chi connectivity index (χ0v) is 9.95. The molecule has 0 aromatic carbocycles. The van der Waals surface area contributed by atoms with Gasteiger partial charge in [0.15, 0.2) is 5.96 Å². The Morgan fingerprint density at radius 2 is 2.07 bits per heavy atom. The molecule has 1 aliphatic heterocycles. The largest absolute Gasteiger partial charge is 0.370 e. The minimum atomic E-state index is 0.606. The summed E-state index contributed by atoms with van der Waals surface area (Å²) < 4.78 is 0. The van der Waals surface area contributed by atoms with Crippen LogP contribution in [0.25, 0.3) is 0 Å². The highest BCUT2D eigenvalue weighted by atomic mass is 15.3. The summed E-state index contributed by atoms with van der Waals surface area (Å²) in [4.78, 5) is 6.76. The van der Waals surface area contributed by atoms with Crippen molar-refractivity contribution in [1.82, 2.24) is 4.90 Å². The van der Waals surface area contributed by atoms with Crippen LogP contribution in [0.2, 0.25) is 0 Å². The molecule has 0 spiro atoms. The molecule has 15 heavy (non-hydrogen) atoms. The lowest BCUT2D eigenvalue weighted by Gasteiger charge is -2.31. The number of guanidine groups is 1. The van der Waals surface area contributed by atoms with Gasteiger partial charge in [-0.05, 0) is 24.7 Å². The van der Waals surface area contributed by atoms with Crippen LogP contribution in [0.5, 0.6) is 0 Å². The Labute approximate surface area is 92.7 Å². The summed E-state index contributed by atoms with van der Waals surface area (Å²) in [6, 6.07) is 0.606. The molecule has 1 saturated carbocycles. The molecule has 1 aliphatic carbocycles. The lowest BCUT2D eigenvalue weighted by molar-refractivity contribution is 0.232. The fourth-order valence-electron chi connectivity index (χ4n) is 2.91. The Balaban J connectivity index is 1.99. The van der Waals surface area contributed by atoms with E-state index in [4.69, 9.17) is 5.73 Å². The molecule has 2 rings (SSSR count). The van der Waals surface area contributed by atoms with Gasteiger partial charge in [0, 0.05) is 6.54 Å². The highest BCUT2D eigenvalue weighted by Gasteiger charge is 2.34. The van der Waals surface area contributed by atoms with Crippen LogP contribution >= 0.6 is 0 Å². The number of aliphatic imine (C=N–C) groups is 1. The van der Waals surface area contributed by atoms with Gasteiger partial charge in [-0.25, -0.2) is 0 Å². The first kappa shape index (κ1) is 10.8. The van der Waals surface area contributed by atoms with E-state index in [-0.39, 0.29) is 0 Å². The first-order valence-corrected chi connectivity index (χ1v) is 6.25. The van der Waals surface area contributed by atoms with E-state index in [0.29, 0.717) is 12.0 Å². The molecular formula is C12H23N3. The van der Waals surface area contributed by atoms with Crippen molar-refractivity contribution < 1.29 is 0 Å². The third-order valence-corrected chi connectivity index (χ3v) is 3.64. The van der Waals surface area contributed by atoms with E-state index >= 15 is 0 Å². The van der Waals surface area contributed by atoms with Crippen LogP contribution < -0.4 is 5.73 Å². The highest BCUT2D eigenvalue weighted by Crippen LogP contribution is 2.32. The molecule has 1 fully saturated rings. The maximum absolute atomic E-state index is 5.96. The predicted octanol–water partition coefficient (Wildman–Crippen LogP) is 1.83. The molecule has 0 aromatic heterocycles. The molecular weight excluding hydrogens is 186 g/mol. The van der Waals surface area contributed by atoms with Crippen LogP contribution in [0.1, 0.15) is 39.5 Å². The molecule has 3 nitrogen and oxygen atoms in total. The van der Waals surface area contributed by atoms with Crippen LogP contribution in [-0.4, -0.2) is 30.0 Å². The Hall–Kier alpha value is -0.730. The number of nitrogens with zero attached hydrogens (tertiary/aromatic N) is 2. The van der Waals surface area contributed by atoms with E-state index in [1.54, 1.807) is 0 Å². The zero-order valence-electron chi connectivity index (χ0n) is 9.95. The van der Waals surface area contributed by atoms with Gasteiger partial charge in [-0.1, -0.05) is 26.7 Å². The van der Waals surface area contributed by atoms with Crippen molar-refractivity contribution in [2.75, 3.05) is 13.1 Å². The van der Waals surface area contributed by atoms with Gasteiger partial charge in [-0.2, -0.15) is 0 Å². The summed E-state index contributed by atoms with van der Waals surface area (Å²) in [5, 5.41) is 0. The number of hydrogen-bond acceptors (Lipinski definition) is 3. The summed E-state index contributed by atoms with van der Waals surface area (Å²) in [5.74, 6) is 2.29. The van der Waals surface area contributed by atoms with E-state index in [9.17, 15) is 0 Å². The molecule has 2 aliphatic rings. The van der Waals surface area contributed by atoms with Gasteiger partial charge in [0.2, 0.25) is 0 Å². The molecule has 1 atom stereocenters. The van der Waals surface area contributed by atoms with Crippen LogP contribution in [0.15, 0.2) is 4.99 Å². The number of nitrogens with two attached hydrogens (primary N) is 1. The molecule has 0 radical (unpaired) electrons. The molecule has 1 unspecified atom stereocenters. The average molecular weight is 209 g/mol. The van der Waals surface area contributed by atoms with Crippen LogP contribution in [0, 0.1) is 11.8 Å². The minimum Gasteiger partial charge on any atom is -0.370 e. The molecule has 0 aromatic rings. The molecule has 0 amide bonds. The van der Waals surface area contributed by atoms with E-state index in [1.165, 1.54) is 25.7 Å². The Morgan fingerprint density at radius 1 is 1.40 bits per heavy atom. The van der Waals surface area contributed by atoms with Gasteiger partial charge in [0.1, 0.15) is 0 Å². The van der Waals surface area contributed by atoms with Crippen molar-refractivity contribution in [3.8, 4) is 0 Å². The van der Waals surface area contributed by atoms with Gasteiger partial charge in [0.25, 0.3) is 0 Å². The first-order chi connectivity index (χ1) is 7.18. The lowest BCUT2D eigenvalue weighted by atomic mass is 9.97. The molecule has 1 heterocycles. The van der Waals surface area contributed by atoms with Gasteiger partial charge in [-0.15, -0.1) is 0 Å². The number of hydrogen-bond donors (Lipinski definition) is 1. The van der Waals surface area contributed by atoms with Crippen molar-refractivity contribution in [3.05, 3.63) is 0 Å². The molecule has 86 valence electrons. The molecule has 2 N–H and O–H groups in total. The van der Waals surface area contributed by atoms with Gasteiger partial charge >= 0.3 is 0 Å². The summed E-state index contributed by atoms with van der Waals surface area (Å²) in [7, 11) is 0. The Kier molecular flexibility index (Phi) is 3.17. The van der Waals surface area contributed by atoms with Crippen molar-refractivity contribution in [1.29, 1.82) is 0 Å². The molecule has 0 saturated heterocycles. The van der Waals surface area contributed by atoms with Gasteiger partial charge in [0.05, 0.1) is 12.6 Å². The van der Waals surface area contributed by atoms with Gasteiger partial charge in [-0.3, -0.25) is 4.99 Å². The minimum absolute atomic E-state index is 0.606. The van der Waals surface area contributed by atoms with E-state index < -0.39 is 0 Å². The highest BCUT2D eigenvalue weighted by molar-refractivity contribution is 5.80. The molecule has 0 bridgehead atoms.